The maximum Gasteiger partial charge on any atom is 0.321 e. The molecule has 0 aliphatic carbocycles. The molecule has 3 aliphatic rings. The Hall–Kier alpha value is -2.22. The van der Waals surface area contributed by atoms with Crippen molar-refractivity contribution < 1.29 is 4.79 Å². The molecule has 3 saturated heterocycles. The van der Waals surface area contributed by atoms with E-state index in [4.69, 9.17) is 0 Å². The van der Waals surface area contributed by atoms with E-state index in [1.54, 1.807) is 23.1 Å². The molecule has 0 unspecified atom stereocenters. The van der Waals surface area contributed by atoms with Crippen LogP contribution in [-0.2, 0) is 0 Å². The molecule has 116 valence electrons. The first-order valence-corrected chi connectivity index (χ1v) is 7.71. The molecule has 0 saturated carbocycles. The molecule has 0 aromatic carbocycles. The third-order valence-electron chi connectivity index (χ3n) is 4.68. The number of carbonyl (C=O) groups excluding carboxylic acids is 1. The van der Waals surface area contributed by atoms with Gasteiger partial charge >= 0.3 is 6.03 Å². The minimum atomic E-state index is -0.250. The van der Waals surface area contributed by atoms with Gasteiger partial charge in [-0.05, 0) is 37.8 Å². The normalized spacial score (nSPS) is 27.0. The van der Waals surface area contributed by atoms with Crippen molar-refractivity contribution in [1.29, 1.82) is 0 Å². The Labute approximate surface area is 127 Å². The van der Waals surface area contributed by atoms with Gasteiger partial charge in [0.05, 0.1) is 6.20 Å². The van der Waals surface area contributed by atoms with E-state index < -0.39 is 0 Å². The number of rotatable bonds is 3. The fourth-order valence-electron chi connectivity index (χ4n) is 3.49. The minimum absolute atomic E-state index is 0.250. The van der Waals surface area contributed by atoms with E-state index in [1.165, 1.54) is 25.9 Å². The summed E-state index contributed by atoms with van der Waals surface area (Å²) in [5, 5.41) is 9.80. The van der Waals surface area contributed by atoms with Gasteiger partial charge in [0.2, 0.25) is 0 Å². The molecule has 0 radical (unpaired) electrons. The molecule has 5 rings (SSSR count). The van der Waals surface area contributed by atoms with Crippen molar-refractivity contribution in [3.63, 3.8) is 0 Å². The summed E-state index contributed by atoms with van der Waals surface area (Å²) < 4.78 is 1.58. The van der Waals surface area contributed by atoms with Crippen molar-refractivity contribution in [3.8, 4) is 0 Å². The van der Waals surface area contributed by atoms with Gasteiger partial charge in [-0.15, -0.1) is 5.10 Å². The van der Waals surface area contributed by atoms with Gasteiger partial charge in [-0.25, -0.2) is 9.31 Å². The summed E-state index contributed by atoms with van der Waals surface area (Å²) in [5.41, 5.74) is 0.607. The number of urea groups is 1. The number of nitrogens with one attached hydrogen (secondary N) is 2. The molecule has 2 amide bonds. The smallest absolute Gasteiger partial charge is 0.321 e. The lowest BCUT2D eigenvalue weighted by Gasteiger charge is -2.44. The zero-order valence-electron chi connectivity index (χ0n) is 12.3. The Morgan fingerprint density at radius 2 is 2.23 bits per heavy atom. The van der Waals surface area contributed by atoms with Gasteiger partial charge in [0.1, 0.15) is 0 Å². The number of hydrogen-bond acceptors (Lipinski definition) is 5. The molecular weight excluding hydrogens is 282 g/mol. The summed E-state index contributed by atoms with van der Waals surface area (Å²) in [4.78, 5) is 22.6. The van der Waals surface area contributed by atoms with Crippen LogP contribution in [0, 0.1) is 11.8 Å². The number of aromatic nitrogens is 4. The van der Waals surface area contributed by atoms with Gasteiger partial charge in [0.25, 0.3) is 5.95 Å². The molecule has 8 nitrogen and oxygen atoms in total. The van der Waals surface area contributed by atoms with Gasteiger partial charge in [-0.2, -0.15) is 4.98 Å². The van der Waals surface area contributed by atoms with Crippen LogP contribution in [-0.4, -0.2) is 56.7 Å². The average Bonchev–Trinajstić information content (AvgIpc) is 2.96. The van der Waals surface area contributed by atoms with Crippen molar-refractivity contribution in [1.82, 2.24) is 29.8 Å². The van der Waals surface area contributed by atoms with E-state index in [-0.39, 0.29) is 6.03 Å². The third-order valence-corrected chi connectivity index (χ3v) is 4.68. The Balaban J connectivity index is 1.32. The standard InChI is InChI=1S/C14H19N7O/c22-14(16-7-11-9-20-4-1-10(11)2-5-20)18-13-17-12-8-15-3-6-21(12)19-13/h3,6,8,10-11H,1-2,4-5,7,9H2,(H2,16,18,19,22)/t11-/m1/s1. The lowest BCUT2D eigenvalue weighted by Crippen LogP contribution is -2.51. The second-order valence-corrected chi connectivity index (χ2v) is 6.05. The van der Waals surface area contributed by atoms with Crippen LogP contribution in [0.2, 0.25) is 0 Å². The van der Waals surface area contributed by atoms with Crippen LogP contribution in [0.1, 0.15) is 12.8 Å². The molecule has 2 N–H and O–H groups in total. The SMILES string of the molecule is O=C(NC[C@@H]1CN2CCC1CC2)Nc1nc2cnccn2n1. The summed E-state index contributed by atoms with van der Waals surface area (Å²) in [6, 6.07) is -0.250. The van der Waals surface area contributed by atoms with Crippen LogP contribution >= 0.6 is 0 Å². The first-order valence-electron chi connectivity index (χ1n) is 7.71. The lowest BCUT2D eigenvalue weighted by atomic mass is 9.79. The molecule has 0 spiro atoms. The molecule has 2 bridgehead atoms. The molecule has 2 aromatic rings. The molecule has 2 aromatic heterocycles. The van der Waals surface area contributed by atoms with E-state index in [2.05, 4.69) is 30.6 Å². The molecule has 5 heterocycles. The van der Waals surface area contributed by atoms with Crippen molar-refractivity contribution in [2.75, 3.05) is 31.5 Å². The Morgan fingerprint density at radius 3 is 2.95 bits per heavy atom. The van der Waals surface area contributed by atoms with Gasteiger partial charge in [0, 0.05) is 25.5 Å². The number of fused-ring (bicyclic) bond motifs is 4. The highest BCUT2D eigenvalue weighted by molar-refractivity contribution is 5.87. The molecule has 22 heavy (non-hydrogen) atoms. The fraction of sp³-hybridized carbons (Fsp3) is 0.571. The lowest BCUT2D eigenvalue weighted by molar-refractivity contribution is 0.0525. The molecular formula is C14H19N7O. The van der Waals surface area contributed by atoms with Crippen LogP contribution in [0.3, 0.4) is 0 Å². The molecule has 8 heteroatoms. The Morgan fingerprint density at radius 1 is 1.36 bits per heavy atom. The van der Waals surface area contributed by atoms with E-state index >= 15 is 0 Å². The van der Waals surface area contributed by atoms with E-state index in [0.717, 1.165) is 12.5 Å². The van der Waals surface area contributed by atoms with E-state index in [0.29, 0.717) is 24.1 Å². The van der Waals surface area contributed by atoms with Crippen LogP contribution in [0.25, 0.3) is 5.65 Å². The van der Waals surface area contributed by atoms with Crippen LogP contribution in [0.4, 0.5) is 10.7 Å². The Bertz CT molecular complexity index is 644. The maximum atomic E-state index is 12.0. The summed E-state index contributed by atoms with van der Waals surface area (Å²) in [6.45, 7) is 4.24. The van der Waals surface area contributed by atoms with Crippen molar-refractivity contribution in [2.24, 2.45) is 11.8 Å². The summed E-state index contributed by atoms with van der Waals surface area (Å²) in [6.07, 6.45) is 7.44. The summed E-state index contributed by atoms with van der Waals surface area (Å²) in [5.74, 6) is 1.61. The van der Waals surface area contributed by atoms with Crippen LogP contribution in [0.15, 0.2) is 18.6 Å². The number of hydrogen-bond donors (Lipinski definition) is 2. The second-order valence-electron chi connectivity index (χ2n) is 6.05. The zero-order valence-corrected chi connectivity index (χ0v) is 12.3. The predicted molar refractivity (Wildman–Crippen MR) is 80.5 cm³/mol. The number of amides is 2. The number of carbonyl (C=O) groups is 1. The maximum absolute atomic E-state index is 12.0. The largest absolute Gasteiger partial charge is 0.337 e. The number of anilines is 1. The second kappa shape index (κ2) is 5.53. The molecule has 1 atom stereocenters. The Kier molecular flexibility index (Phi) is 3.38. The van der Waals surface area contributed by atoms with Gasteiger partial charge in [-0.3, -0.25) is 10.3 Å². The monoisotopic (exact) mass is 301 g/mol. The van der Waals surface area contributed by atoms with E-state index in [1.807, 2.05) is 0 Å². The van der Waals surface area contributed by atoms with E-state index in [9.17, 15) is 4.79 Å². The van der Waals surface area contributed by atoms with Crippen molar-refractivity contribution in [3.05, 3.63) is 18.6 Å². The van der Waals surface area contributed by atoms with Gasteiger partial charge in [0.15, 0.2) is 5.65 Å². The summed E-state index contributed by atoms with van der Waals surface area (Å²) >= 11 is 0. The highest BCUT2D eigenvalue weighted by atomic mass is 16.2. The van der Waals surface area contributed by atoms with Gasteiger partial charge in [-0.1, -0.05) is 0 Å². The fourth-order valence-corrected chi connectivity index (χ4v) is 3.49. The van der Waals surface area contributed by atoms with Crippen molar-refractivity contribution in [2.45, 2.75) is 12.8 Å². The highest BCUT2D eigenvalue weighted by Crippen LogP contribution is 2.31. The predicted octanol–water partition coefficient (Wildman–Crippen LogP) is 0.588. The zero-order chi connectivity index (χ0) is 14.9. The minimum Gasteiger partial charge on any atom is -0.337 e. The summed E-state index contributed by atoms with van der Waals surface area (Å²) in [7, 11) is 0. The number of nitrogens with zero attached hydrogens (tertiary/aromatic N) is 5. The number of piperidine rings is 3. The topological polar surface area (TPSA) is 87.5 Å². The molecule has 3 aliphatic heterocycles. The first kappa shape index (κ1) is 13.4. The first-order chi connectivity index (χ1) is 10.8. The average molecular weight is 301 g/mol. The van der Waals surface area contributed by atoms with Gasteiger partial charge < -0.3 is 10.2 Å². The third kappa shape index (κ3) is 2.61. The quantitative estimate of drug-likeness (QED) is 0.866. The van der Waals surface area contributed by atoms with Crippen LogP contribution < -0.4 is 10.6 Å². The molecule has 3 fully saturated rings. The highest BCUT2D eigenvalue weighted by Gasteiger charge is 2.33. The van der Waals surface area contributed by atoms with Crippen molar-refractivity contribution >= 4 is 17.6 Å². The van der Waals surface area contributed by atoms with Crippen LogP contribution in [0.5, 0.6) is 0 Å².